The highest BCUT2D eigenvalue weighted by molar-refractivity contribution is 5.70. The third-order valence-corrected chi connectivity index (χ3v) is 3.44. The molecule has 0 unspecified atom stereocenters. The summed E-state index contributed by atoms with van der Waals surface area (Å²) in [6, 6.07) is 6.04. The number of benzene rings is 2. The fourth-order valence-electron chi connectivity index (χ4n) is 2.25. The maximum atomic E-state index is 14.3. The lowest BCUT2D eigenvalue weighted by Gasteiger charge is -2.32. The van der Waals surface area contributed by atoms with E-state index in [4.69, 9.17) is 5.26 Å². The van der Waals surface area contributed by atoms with Crippen LogP contribution in [0.25, 0.3) is 11.1 Å². The average Bonchev–Trinajstić information content (AvgIpc) is 2.51. The summed E-state index contributed by atoms with van der Waals surface area (Å²) in [4.78, 5) is 0. The van der Waals surface area contributed by atoms with Gasteiger partial charge < -0.3 is 0 Å². The van der Waals surface area contributed by atoms with Gasteiger partial charge in [-0.3, -0.25) is 0 Å². The van der Waals surface area contributed by atoms with Crippen LogP contribution in [0.3, 0.4) is 0 Å². The molecule has 0 aliphatic rings. The van der Waals surface area contributed by atoms with Gasteiger partial charge in [0.15, 0.2) is 0 Å². The highest BCUT2D eigenvalue weighted by atomic mass is 19.4. The SMILES string of the molecule is N#Cc1ccc(-c2c(F)[c]c(F)cc2C(F)(C(F)(F)F)C(F)(F)F)cc1. The Morgan fingerprint density at radius 1 is 0.846 bits per heavy atom. The van der Waals surface area contributed by atoms with E-state index in [1.165, 1.54) is 6.07 Å². The topological polar surface area (TPSA) is 23.8 Å². The van der Waals surface area contributed by atoms with Crippen LogP contribution in [-0.2, 0) is 5.67 Å². The molecule has 0 saturated heterocycles. The number of nitriles is 1. The highest BCUT2D eigenvalue weighted by Gasteiger charge is 2.74. The van der Waals surface area contributed by atoms with Gasteiger partial charge in [0, 0.05) is 11.1 Å². The van der Waals surface area contributed by atoms with E-state index in [9.17, 15) is 39.5 Å². The largest absolute Gasteiger partial charge is 0.435 e. The van der Waals surface area contributed by atoms with Gasteiger partial charge in [0.05, 0.1) is 17.7 Å². The predicted octanol–water partition coefficient (Wildman–Crippen LogP) is 5.59. The quantitative estimate of drug-likeness (QED) is 0.621. The van der Waals surface area contributed by atoms with Crippen molar-refractivity contribution in [1.29, 1.82) is 5.26 Å². The van der Waals surface area contributed by atoms with E-state index >= 15 is 0 Å². The molecule has 0 aromatic heterocycles. The second-order valence-corrected chi connectivity index (χ2v) is 5.06. The van der Waals surface area contributed by atoms with Crippen LogP contribution in [0.1, 0.15) is 11.1 Å². The van der Waals surface area contributed by atoms with Crippen molar-refractivity contribution in [3.05, 3.63) is 59.2 Å². The Kier molecular flexibility index (Phi) is 4.70. The Morgan fingerprint density at radius 2 is 1.35 bits per heavy atom. The zero-order chi connectivity index (χ0) is 19.9. The van der Waals surface area contributed by atoms with E-state index in [1.54, 1.807) is 6.07 Å². The Balaban J connectivity index is 2.90. The number of hydrogen-bond donors (Lipinski definition) is 0. The molecule has 1 radical (unpaired) electrons. The molecule has 0 saturated carbocycles. The molecule has 0 spiro atoms. The Hall–Kier alpha value is -2.70. The zero-order valence-corrected chi connectivity index (χ0v) is 12.2. The van der Waals surface area contributed by atoms with Crippen molar-refractivity contribution in [2.45, 2.75) is 18.0 Å². The van der Waals surface area contributed by atoms with Crippen LogP contribution in [0.2, 0.25) is 0 Å². The minimum atomic E-state index is -6.55. The van der Waals surface area contributed by atoms with Gasteiger partial charge >= 0.3 is 18.0 Å². The van der Waals surface area contributed by atoms with Crippen LogP contribution in [0.4, 0.5) is 39.5 Å². The predicted molar refractivity (Wildman–Crippen MR) is 70.2 cm³/mol. The normalized spacial score (nSPS) is 12.8. The molecule has 2 rings (SSSR count). The van der Waals surface area contributed by atoms with Gasteiger partial charge in [-0.1, -0.05) is 12.1 Å². The monoisotopic (exact) mass is 382 g/mol. The van der Waals surface area contributed by atoms with Crippen molar-refractivity contribution in [1.82, 2.24) is 0 Å². The standard InChI is InChI=1S/C16H5F9N/c17-10-5-11(14(19,15(20,21)22)16(23,24)25)13(12(18)6-10)9-3-1-8(7-26)2-4-9/h1-5H. The highest BCUT2D eigenvalue weighted by Crippen LogP contribution is 2.55. The van der Waals surface area contributed by atoms with Crippen LogP contribution in [0.5, 0.6) is 0 Å². The summed E-state index contributed by atoms with van der Waals surface area (Å²) in [5.41, 5.74) is -10.5. The average molecular weight is 382 g/mol. The summed E-state index contributed by atoms with van der Waals surface area (Å²) >= 11 is 0. The molecule has 2 aromatic rings. The molecule has 26 heavy (non-hydrogen) atoms. The minimum absolute atomic E-state index is 0.0417. The van der Waals surface area contributed by atoms with Crippen LogP contribution in [0, 0.1) is 29.0 Å². The molecule has 137 valence electrons. The molecule has 1 nitrogen and oxygen atoms in total. The maximum absolute atomic E-state index is 14.3. The number of hydrogen-bond acceptors (Lipinski definition) is 1. The van der Waals surface area contributed by atoms with Crippen molar-refractivity contribution in [3.8, 4) is 17.2 Å². The van der Waals surface area contributed by atoms with E-state index in [2.05, 4.69) is 0 Å². The van der Waals surface area contributed by atoms with Crippen LogP contribution < -0.4 is 0 Å². The molecular formula is C16H5F9N. The van der Waals surface area contributed by atoms with E-state index in [-0.39, 0.29) is 5.56 Å². The smallest absolute Gasteiger partial charge is 0.218 e. The summed E-state index contributed by atoms with van der Waals surface area (Å²) in [5, 5.41) is 8.65. The molecule has 0 amide bonds. The van der Waals surface area contributed by atoms with E-state index < -0.39 is 52.4 Å². The van der Waals surface area contributed by atoms with Crippen LogP contribution in [0.15, 0.2) is 30.3 Å². The van der Waals surface area contributed by atoms with Crippen molar-refractivity contribution in [3.63, 3.8) is 0 Å². The third kappa shape index (κ3) is 3.09. The van der Waals surface area contributed by atoms with E-state index in [0.717, 1.165) is 24.3 Å². The number of rotatable bonds is 2. The van der Waals surface area contributed by atoms with Gasteiger partial charge in [-0.2, -0.15) is 31.6 Å². The number of nitrogens with zero attached hydrogens (tertiary/aromatic N) is 1. The number of halogens is 9. The minimum Gasteiger partial charge on any atom is -0.218 e. The Labute approximate surface area is 140 Å². The molecular weight excluding hydrogens is 377 g/mol. The van der Waals surface area contributed by atoms with Gasteiger partial charge in [0.25, 0.3) is 0 Å². The fourth-order valence-corrected chi connectivity index (χ4v) is 2.25. The van der Waals surface area contributed by atoms with E-state index in [0.29, 0.717) is 0 Å². The van der Waals surface area contributed by atoms with Gasteiger partial charge in [-0.05, 0) is 23.8 Å². The summed E-state index contributed by atoms with van der Waals surface area (Å²) in [7, 11) is 0. The van der Waals surface area contributed by atoms with Crippen LogP contribution >= 0.6 is 0 Å². The maximum Gasteiger partial charge on any atom is 0.435 e. The molecule has 0 heterocycles. The van der Waals surface area contributed by atoms with Gasteiger partial charge in [0.2, 0.25) is 0 Å². The Morgan fingerprint density at radius 3 is 1.77 bits per heavy atom. The second kappa shape index (κ2) is 6.23. The summed E-state index contributed by atoms with van der Waals surface area (Å²) in [6.07, 6.45) is -13.1. The second-order valence-electron chi connectivity index (χ2n) is 5.06. The van der Waals surface area contributed by atoms with Crippen molar-refractivity contribution in [2.75, 3.05) is 0 Å². The first-order chi connectivity index (χ1) is 11.8. The van der Waals surface area contributed by atoms with Crippen molar-refractivity contribution < 1.29 is 39.5 Å². The van der Waals surface area contributed by atoms with Crippen molar-refractivity contribution in [2.24, 2.45) is 0 Å². The van der Waals surface area contributed by atoms with E-state index in [1.807, 2.05) is 0 Å². The molecule has 0 atom stereocenters. The molecule has 0 aliphatic carbocycles. The van der Waals surface area contributed by atoms with Gasteiger partial charge in [-0.15, -0.1) is 0 Å². The number of alkyl halides is 7. The van der Waals surface area contributed by atoms with Gasteiger partial charge in [-0.25, -0.2) is 13.2 Å². The lowest BCUT2D eigenvalue weighted by molar-refractivity contribution is -0.348. The molecule has 0 N–H and O–H groups in total. The first-order valence-corrected chi connectivity index (χ1v) is 6.57. The molecule has 10 heteroatoms. The Bertz CT molecular complexity index is 844. The first-order valence-electron chi connectivity index (χ1n) is 6.57. The molecule has 0 aliphatic heterocycles. The lowest BCUT2D eigenvalue weighted by Crippen LogP contribution is -2.50. The molecule has 0 bridgehead atoms. The van der Waals surface area contributed by atoms with Gasteiger partial charge in [0.1, 0.15) is 11.6 Å². The fraction of sp³-hybridized carbons (Fsp3) is 0.188. The molecule has 2 aromatic carbocycles. The summed E-state index contributed by atoms with van der Waals surface area (Å²) in [5.74, 6) is -3.88. The lowest BCUT2D eigenvalue weighted by atomic mass is 9.86. The summed E-state index contributed by atoms with van der Waals surface area (Å²) in [6.45, 7) is 0. The van der Waals surface area contributed by atoms with Crippen molar-refractivity contribution >= 4 is 0 Å². The zero-order valence-electron chi connectivity index (χ0n) is 12.2. The van der Waals surface area contributed by atoms with Crippen LogP contribution in [-0.4, -0.2) is 12.4 Å². The summed E-state index contributed by atoms with van der Waals surface area (Å²) < 4.78 is 119. The third-order valence-electron chi connectivity index (χ3n) is 3.44. The molecule has 0 fully saturated rings. The first kappa shape index (κ1) is 19.6.